The van der Waals surface area contributed by atoms with Crippen LogP contribution in [0.5, 0.6) is 0 Å². The number of rotatable bonds is 2. The zero-order chi connectivity index (χ0) is 24.7. The van der Waals surface area contributed by atoms with Gasteiger partial charge in [-0.15, -0.1) is 0 Å². The number of aliphatic imine (C=N–C) groups is 1. The van der Waals surface area contributed by atoms with E-state index < -0.39 is 17.2 Å². The van der Waals surface area contributed by atoms with E-state index in [2.05, 4.69) is 4.99 Å². The van der Waals surface area contributed by atoms with Crippen LogP contribution < -0.4 is 0 Å². The van der Waals surface area contributed by atoms with Crippen molar-refractivity contribution in [3.63, 3.8) is 0 Å². The molecule has 1 saturated heterocycles. The van der Waals surface area contributed by atoms with Gasteiger partial charge in [-0.05, 0) is 48.8 Å². The van der Waals surface area contributed by atoms with Gasteiger partial charge in [0, 0.05) is 37.2 Å². The number of halogens is 3. The molecule has 0 aliphatic carbocycles. The van der Waals surface area contributed by atoms with Crippen LogP contribution >= 0.6 is 0 Å². The predicted octanol–water partition coefficient (Wildman–Crippen LogP) is 4.83. The van der Waals surface area contributed by atoms with Crippen molar-refractivity contribution in [2.45, 2.75) is 58.5 Å². The summed E-state index contributed by atoms with van der Waals surface area (Å²) in [6, 6.07) is 5.73. The highest BCUT2D eigenvalue weighted by Gasteiger charge is 2.38. The van der Waals surface area contributed by atoms with E-state index in [-0.39, 0.29) is 17.7 Å². The molecule has 1 fully saturated rings. The Morgan fingerprint density at radius 3 is 2.32 bits per heavy atom. The lowest BCUT2D eigenvalue weighted by atomic mass is 9.86. The molecule has 0 radical (unpaired) electrons. The van der Waals surface area contributed by atoms with Gasteiger partial charge in [-0.2, -0.15) is 13.2 Å². The van der Waals surface area contributed by atoms with Crippen molar-refractivity contribution < 1.29 is 22.8 Å². The Hall–Kier alpha value is -2.64. The SMILES string of the molecule is CC(C)(C)C(=O)N1CCCC2=C(C1)C(C(=O)N1CCC(c3ccccc3C(F)(F)F)CC1)=NC2. The van der Waals surface area contributed by atoms with Gasteiger partial charge < -0.3 is 9.80 Å². The third-order valence-electron chi connectivity index (χ3n) is 7.02. The number of carbonyl (C=O) groups is 2. The Labute approximate surface area is 198 Å². The molecule has 4 rings (SSSR count). The summed E-state index contributed by atoms with van der Waals surface area (Å²) in [6.45, 7) is 8.01. The Balaban J connectivity index is 1.45. The Morgan fingerprint density at radius 1 is 1.00 bits per heavy atom. The van der Waals surface area contributed by atoms with Crippen molar-refractivity contribution in [1.82, 2.24) is 9.80 Å². The topological polar surface area (TPSA) is 53.0 Å². The minimum Gasteiger partial charge on any atom is -0.338 e. The zero-order valence-electron chi connectivity index (χ0n) is 20.0. The Kier molecular flexibility index (Phi) is 6.62. The lowest BCUT2D eigenvalue weighted by molar-refractivity contribution is -0.139. The molecular weight excluding hydrogens is 443 g/mol. The molecule has 1 aromatic carbocycles. The largest absolute Gasteiger partial charge is 0.416 e. The van der Waals surface area contributed by atoms with Gasteiger partial charge in [-0.25, -0.2) is 0 Å². The first-order valence-corrected chi connectivity index (χ1v) is 12.0. The van der Waals surface area contributed by atoms with Gasteiger partial charge in [-0.1, -0.05) is 39.0 Å². The quantitative estimate of drug-likeness (QED) is 0.615. The van der Waals surface area contributed by atoms with E-state index in [4.69, 9.17) is 0 Å². The molecule has 2 amide bonds. The van der Waals surface area contributed by atoms with Crippen LogP contribution in [0, 0.1) is 5.41 Å². The number of piperidine rings is 1. The average Bonchev–Trinajstić information content (AvgIpc) is 3.06. The van der Waals surface area contributed by atoms with Crippen LogP contribution in [0.4, 0.5) is 13.2 Å². The van der Waals surface area contributed by atoms with Gasteiger partial charge in [0.15, 0.2) is 0 Å². The number of hydrogen-bond acceptors (Lipinski definition) is 3. The summed E-state index contributed by atoms with van der Waals surface area (Å²) < 4.78 is 40.4. The molecule has 3 heterocycles. The monoisotopic (exact) mass is 475 g/mol. The number of carbonyl (C=O) groups excluding carboxylic acids is 2. The van der Waals surface area contributed by atoms with E-state index in [0.29, 0.717) is 56.8 Å². The first-order chi connectivity index (χ1) is 16.0. The molecule has 0 aromatic heterocycles. The van der Waals surface area contributed by atoms with Gasteiger partial charge in [0.05, 0.1) is 12.1 Å². The molecule has 0 N–H and O–H groups in total. The van der Waals surface area contributed by atoms with E-state index in [0.717, 1.165) is 30.1 Å². The highest BCUT2D eigenvalue weighted by atomic mass is 19.4. The molecule has 0 saturated carbocycles. The van der Waals surface area contributed by atoms with Crippen molar-refractivity contribution in [2.75, 3.05) is 32.7 Å². The summed E-state index contributed by atoms with van der Waals surface area (Å²) in [5.41, 5.74) is 1.64. The average molecular weight is 476 g/mol. The lowest BCUT2D eigenvalue weighted by Gasteiger charge is -2.34. The molecule has 3 aliphatic rings. The third kappa shape index (κ3) is 4.91. The first-order valence-electron chi connectivity index (χ1n) is 12.0. The van der Waals surface area contributed by atoms with Crippen molar-refractivity contribution in [1.29, 1.82) is 0 Å². The lowest BCUT2D eigenvalue weighted by Crippen LogP contribution is -2.45. The highest BCUT2D eigenvalue weighted by molar-refractivity contribution is 6.46. The van der Waals surface area contributed by atoms with Gasteiger partial charge in [0.2, 0.25) is 5.91 Å². The van der Waals surface area contributed by atoms with E-state index >= 15 is 0 Å². The van der Waals surface area contributed by atoms with Crippen LogP contribution in [0.1, 0.15) is 63.5 Å². The first kappa shape index (κ1) is 24.5. The van der Waals surface area contributed by atoms with Crippen molar-refractivity contribution >= 4 is 17.5 Å². The number of hydrogen-bond donors (Lipinski definition) is 0. The predicted molar refractivity (Wildman–Crippen MR) is 125 cm³/mol. The minimum absolute atomic E-state index is 0.0593. The van der Waals surface area contributed by atoms with Gasteiger partial charge in [0.25, 0.3) is 5.91 Å². The van der Waals surface area contributed by atoms with E-state index in [1.165, 1.54) is 6.07 Å². The fraction of sp³-hybridized carbons (Fsp3) is 0.577. The molecule has 1 aromatic rings. The van der Waals surface area contributed by atoms with Crippen LogP contribution in [0.2, 0.25) is 0 Å². The second-order valence-corrected chi connectivity index (χ2v) is 10.5. The molecule has 5 nitrogen and oxygen atoms in total. The van der Waals surface area contributed by atoms with Crippen LogP contribution in [-0.4, -0.2) is 60.0 Å². The molecule has 34 heavy (non-hydrogen) atoms. The molecule has 184 valence electrons. The van der Waals surface area contributed by atoms with Crippen LogP contribution in [0.3, 0.4) is 0 Å². The summed E-state index contributed by atoms with van der Waals surface area (Å²) in [6.07, 6.45) is -1.76. The summed E-state index contributed by atoms with van der Waals surface area (Å²) in [5.74, 6) is -0.346. The fourth-order valence-electron chi connectivity index (χ4n) is 5.20. The summed E-state index contributed by atoms with van der Waals surface area (Å²) in [7, 11) is 0. The van der Waals surface area contributed by atoms with Crippen LogP contribution in [-0.2, 0) is 15.8 Å². The number of benzene rings is 1. The minimum atomic E-state index is -4.39. The highest BCUT2D eigenvalue weighted by Crippen LogP contribution is 2.39. The van der Waals surface area contributed by atoms with Crippen LogP contribution in [0.15, 0.2) is 40.4 Å². The smallest absolute Gasteiger partial charge is 0.338 e. The van der Waals surface area contributed by atoms with Gasteiger partial charge in [-0.3, -0.25) is 14.6 Å². The van der Waals surface area contributed by atoms with Crippen molar-refractivity contribution in [2.24, 2.45) is 10.4 Å². The maximum Gasteiger partial charge on any atom is 0.416 e. The summed E-state index contributed by atoms with van der Waals surface area (Å²) in [5, 5.41) is 0. The molecule has 0 bridgehead atoms. The molecule has 0 unspecified atom stereocenters. The standard InChI is InChI=1S/C26H32F3N3O2/c1-25(2,3)24(34)32-12-6-7-18-15-30-22(20(18)16-32)23(33)31-13-10-17(11-14-31)19-8-4-5-9-21(19)26(27,28)29/h4-5,8-9,17H,6-7,10-16H2,1-3H3. The van der Waals surface area contributed by atoms with Crippen LogP contribution in [0.25, 0.3) is 0 Å². The molecule has 8 heteroatoms. The molecule has 3 aliphatic heterocycles. The normalized spacial score (nSPS) is 20.2. The van der Waals surface area contributed by atoms with Gasteiger partial charge >= 0.3 is 6.18 Å². The zero-order valence-corrected chi connectivity index (χ0v) is 20.0. The molecular formula is C26H32F3N3O2. The van der Waals surface area contributed by atoms with E-state index in [1.54, 1.807) is 17.0 Å². The molecule has 0 atom stereocenters. The summed E-state index contributed by atoms with van der Waals surface area (Å²) in [4.78, 5) is 34.4. The fourth-order valence-corrected chi connectivity index (χ4v) is 5.20. The van der Waals surface area contributed by atoms with Crippen molar-refractivity contribution in [3.8, 4) is 0 Å². The number of nitrogens with zero attached hydrogens (tertiary/aromatic N) is 3. The maximum absolute atomic E-state index is 13.5. The third-order valence-corrected chi connectivity index (χ3v) is 7.02. The second kappa shape index (κ2) is 9.19. The Morgan fingerprint density at radius 2 is 1.68 bits per heavy atom. The van der Waals surface area contributed by atoms with E-state index in [9.17, 15) is 22.8 Å². The summed E-state index contributed by atoms with van der Waals surface area (Å²) >= 11 is 0. The number of likely N-dealkylation sites (tertiary alicyclic amines) is 1. The van der Waals surface area contributed by atoms with Gasteiger partial charge in [0.1, 0.15) is 5.71 Å². The van der Waals surface area contributed by atoms with Crippen molar-refractivity contribution in [3.05, 3.63) is 46.5 Å². The second-order valence-electron chi connectivity index (χ2n) is 10.5. The van der Waals surface area contributed by atoms with E-state index in [1.807, 2.05) is 25.7 Å². The Bertz CT molecular complexity index is 1030. The number of amides is 2. The number of alkyl halides is 3. The molecule has 0 spiro atoms. The maximum atomic E-state index is 13.5.